The molecule has 0 aliphatic carbocycles. The predicted molar refractivity (Wildman–Crippen MR) is 80.6 cm³/mol. The summed E-state index contributed by atoms with van der Waals surface area (Å²) in [4.78, 5) is 3.21. The molecule has 102 valence electrons. The number of hydrogen-bond acceptors (Lipinski definition) is 3. The van der Waals surface area contributed by atoms with E-state index in [0.29, 0.717) is 16.8 Å². The highest BCUT2D eigenvalue weighted by Crippen LogP contribution is 2.34. The van der Waals surface area contributed by atoms with Gasteiger partial charge in [-0.1, -0.05) is 30.4 Å². The molecule has 0 amide bonds. The summed E-state index contributed by atoms with van der Waals surface area (Å²) in [5.41, 5.74) is 7.09. The lowest BCUT2D eigenvalue weighted by Gasteiger charge is -2.32. The van der Waals surface area contributed by atoms with E-state index in [4.69, 9.17) is 22.7 Å². The molecule has 2 aliphatic rings. The van der Waals surface area contributed by atoms with E-state index >= 15 is 0 Å². The van der Waals surface area contributed by atoms with Crippen LogP contribution in [0.5, 0.6) is 5.75 Å². The second-order valence-electron chi connectivity index (χ2n) is 5.52. The minimum Gasteiger partial charge on any atom is -0.493 e. The van der Waals surface area contributed by atoms with Crippen molar-refractivity contribution in [2.24, 2.45) is 11.7 Å². The van der Waals surface area contributed by atoms with Crippen LogP contribution in [0.15, 0.2) is 24.3 Å². The van der Waals surface area contributed by atoms with Crippen molar-refractivity contribution in [2.75, 3.05) is 26.2 Å². The van der Waals surface area contributed by atoms with Crippen LogP contribution in [-0.4, -0.2) is 36.1 Å². The van der Waals surface area contributed by atoms with Crippen molar-refractivity contribution in [3.8, 4) is 5.75 Å². The van der Waals surface area contributed by atoms with E-state index in [1.54, 1.807) is 0 Å². The molecule has 0 spiro atoms. The number of fused-ring (bicyclic) bond motifs is 1. The molecule has 2 aliphatic heterocycles. The number of likely N-dealkylation sites (tertiary alicyclic amines) is 1. The Morgan fingerprint density at radius 1 is 1.32 bits per heavy atom. The minimum atomic E-state index is 0.443. The first-order valence-electron chi connectivity index (χ1n) is 6.97. The lowest BCUT2D eigenvalue weighted by atomic mass is 9.94. The van der Waals surface area contributed by atoms with Gasteiger partial charge in [-0.05, 0) is 32.0 Å². The highest BCUT2D eigenvalue weighted by molar-refractivity contribution is 7.80. The molecule has 1 saturated heterocycles. The molecule has 0 saturated carbocycles. The van der Waals surface area contributed by atoms with E-state index in [-0.39, 0.29) is 0 Å². The monoisotopic (exact) mass is 276 g/mol. The maximum absolute atomic E-state index is 5.74. The number of benzene rings is 1. The third-order valence-corrected chi connectivity index (χ3v) is 4.60. The Hall–Kier alpha value is -1.13. The third-order valence-electron chi connectivity index (χ3n) is 4.27. The fraction of sp³-hybridized carbons (Fsp3) is 0.533. The van der Waals surface area contributed by atoms with E-state index in [1.165, 1.54) is 5.56 Å². The van der Waals surface area contributed by atoms with Crippen LogP contribution in [-0.2, 0) is 0 Å². The van der Waals surface area contributed by atoms with Gasteiger partial charge in [0.05, 0.1) is 11.6 Å². The fourth-order valence-corrected chi connectivity index (χ4v) is 3.33. The molecule has 3 rings (SSSR count). The van der Waals surface area contributed by atoms with Crippen molar-refractivity contribution in [3.63, 3.8) is 0 Å². The van der Waals surface area contributed by atoms with Gasteiger partial charge in [-0.2, -0.15) is 0 Å². The van der Waals surface area contributed by atoms with E-state index in [9.17, 15) is 0 Å². The molecule has 2 heterocycles. The third kappa shape index (κ3) is 2.74. The Labute approximate surface area is 119 Å². The van der Waals surface area contributed by atoms with Crippen molar-refractivity contribution < 1.29 is 4.74 Å². The lowest BCUT2D eigenvalue weighted by molar-refractivity contribution is 0.187. The Kier molecular flexibility index (Phi) is 3.71. The SMILES string of the molecule is NC(=S)C1CCN(CC2COc3ccccc32)CC1. The van der Waals surface area contributed by atoms with Crippen molar-refractivity contribution in [3.05, 3.63) is 29.8 Å². The standard InChI is InChI=1S/C15H20N2OS/c16-15(19)11-5-7-17(8-6-11)9-12-10-18-14-4-2-1-3-13(12)14/h1-4,11-12H,5-10H2,(H2,16,19). The average molecular weight is 276 g/mol. The molecule has 1 fully saturated rings. The number of para-hydroxylation sites is 1. The van der Waals surface area contributed by atoms with Crippen LogP contribution in [0.3, 0.4) is 0 Å². The van der Waals surface area contributed by atoms with Gasteiger partial charge >= 0.3 is 0 Å². The molecule has 4 heteroatoms. The van der Waals surface area contributed by atoms with E-state index in [0.717, 1.165) is 44.8 Å². The molecule has 0 radical (unpaired) electrons. The fourth-order valence-electron chi connectivity index (χ4n) is 3.09. The molecule has 1 aromatic rings. The summed E-state index contributed by atoms with van der Waals surface area (Å²) in [6, 6.07) is 8.39. The maximum Gasteiger partial charge on any atom is 0.122 e. The topological polar surface area (TPSA) is 38.5 Å². The van der Waals surface area contributed by atoms with Gasteiger partial charge in [0.2, 0.25) is 0 Å². The molecule has 1 aromatic carbocycles. The summed E-state index contributed by atoms with van der Waals surface area (Å²) >= 11 is 5.09. The highest BCUT2D eigenvalue weighted by Gasteiger charge is 2.28. The van der Waals surface area contributed by atoms with Crippen molar-refractivity contribution >= 4 is 17.2 Å². The number of nitrogens with zero attached hydrogens (tertiary/aromatic N) is 1. The molecule has 2 N–H and O–H groups in total. The van der Waals surface area contributed by atoms with Crippen LogP contribution in [0.2, 0.25) is 0 Å². The molecular weight excluding hydrogens is 256 g/mol. The van der Waals surface area contributed by atoms with Crippen molar-refractivity contribution in [1.82, 2.24) is 4.90 Å². The summed E-state index contributed by atoms with van der Waals surface area (Å²) in [6.45, 7) is 4.09. The quantitative estimate of drug-likeness (QED) is 0.859. The predicted octanol–water partition coefficient (Wildman–Crippen LogP) is 2.16. The molecule has 0 bridgehead atoms. The van der Waals surface area contributed by atoms with Gasteiger partial charge in [-0.3, -0.25) is 0 Å². The Balaban J connectivity index is 1.58. The number of hydrogen-bond donors (Lipinski definition) is 1. The van der Waals surface area contributed by atoms with Gasteiger partial charge in [0, 0.05) is 23.9 Å². The average Bonchev–Trinajstić information content (AvgIpc) is 2.83. The number of thiocarbonyl (C=S) groups is 1. The molecule has 3 nitrogen and oxygen atoms in total. The second-order valence-corrected chi connectivity index (χ2v) is 5.99. The maximum atomic E-state index is 5.74. The zero-order valence-corrected chi connectivity index (χ0v) is 11.9. The molecule has 0 aromatic heterocycles. The Morgan fingerprint density at radius 2 is 2.05 bits per heavy atom. The Bertz CT molecular complexity index is 469. The van der Waals surface area contributed by atoms with Crippen LogP contribution in [0.4, 0.5) is 0 Å². The normalized spacial score (nSPS) is 23.9. The molecular formula is C15H20N2OS. The van der Waals surface area contributed by atoms with Crippen LogP contribution >= 0.6 is 12.2 Å². The first-order valence-corrected chi connectivity index (χ1v) is 7.38. The van der Waals surface area contributed by atoms with E-state index in [1.807, 2.05) is 6.07 Å². The van der Waals surface area contributed by atoms with Gasteiger partial charge in [0.1, 0.15) is 5.75 Å². The van der Waals surface area contributed by atoms with E-state index in [2.05, 4.69) is 23.1 Å². The lowest BCUT2D eigenvalue weighted by Crippen LogP contribution is -2.40. The first-order chi connectivity index (χ1) is 9.24. The zero-order valence-electron chi connectivity index (χ0n) is 11.0. The molecule has 1 atom stereocenters. The first kappa shape index (κ1) is 12.9. The van der Waals surface area contributed by atoms with Gasteiger partial charge in [0.15, 0.2) is 0 Å². The number of piperidine rings is 1. The van der Waals surface area contributed by atoms with Crippen LogP contribution in [0.25, 0.3) is 0 Å². The van der Waals surface area contributed by atoms with Gasteiger partial charge < -0.3 is 15.4 Å². The molecule has 19 heavy (non-hydrogen) atoms. The van der Waals surface area contributed by atoms with Gasteiger partial charge in [0.25, 0.3) is 0 Å². The van der Waals surface area contributed by atoms with Crippen LogP contribution < -0.4 is 10.5 Å². The number of ether oxygens (including phenoxy) is 1. The smallest absolute Gasteiger partial charge is 0.122 e. The largest absolute Gasteiger partial charge is 0.493 e. The van der Waals surface area contributed by atoms with E-state index < -0.39 is 0 Å². The minimum absolute atomic E-state index is 0.443. The summed E-state index contributed by atoms with van der Waals surface area (Å²) in [6.07, 6.45) is 2.20. The van der Waals surface area contributed by atoms with Crippen LogP contribution in [0.1, 0.15) is 24.3 Å². The van der Waals surface area contributed by atoms with Gasteiger partial charge in [-0.25, -0.2) is 0 Å². The zero-order chi connectivity index (χ0) is 13.2. The van der Waals surface area contributed by atoms with Crippen molar-refractivity contribution in [2.45, 2.75) is 18.8 Å². The second kappa shape index (κ2) is 5.47. The number of nitrogens with two attached hydrogens (primary N) is 1. The van der Waals surface area contributed by atoms with Crippen molar-refractivity contribution in [1.29, 1.82) is 0 Å². The summed E-state index contributed by atoms with van der Waals surface area (Å²) in [5, 5.41) is 0. The Morgan fingerprint density at radius 3 is 2.79 bits per heavy atom. The van der Waals surface area contributed by atoms with Crippen LogP contribution in [0, 0.1) is 5.92 Å². The van der Waals surface area contributed by atoms with Gasteiger partial charge in [-0.15, -0.1) is 0 Å². The molecule has 1 unspecified atom stereocenters. The summed E-state index contributed by atoms with van der Waals surface area (Å²) < 4.78 is 5.74. The highest BCUT2D eigenvalue weighted by atomic mass is 32.1. The summed E-state index contributed by atoms with van der Waals surface area (Å²) in [5.74, 6) is 2.02. The number of rotatable bonds is 3. The summed E-state index contributed by atoms with van der Waals surface area (Å²) in [7, 11) is 0.